The van der Waals surface area contributed by atoms with Gasteiger partial charge in [0, 0.05) is 32.5 Å². The first-order valence-corrected chi connectivity index (χ1v) is 27.4. The van der Waals surface area contributed by atoms with Gasteiger partial charge in [-0.3, -0.25) is 0 Å². The largest absolute Gasteiger partial charge is 2.00 e. The van der Waals surface area contributed by atoms with Crippen LogP contribution < -0.4 is 10.2 Å². The summed E-state index contributed by atoms with van der Waals surface area (Å²) >= 11 is 0. The van der Waals surface area contributed by atoms with Gasteiger partial charge in [0.25, 0.3) is 0 Å². The monoisotopic (exact) mass is 1180 g/mol. The molecular formula is C61H92B2Co2N12O3. The van der Waals surface area contributed by atoms with E-state index in [1.165, 1.54) is 0 Å². The number of aryl methyl sites for hydroxylation is 6. The molecule has 0 aliphatic carbocycles. The van der Waals surface area contributed by atoms with E-state index in [1.54, 1.807) is 0 Å². The summed E-state index contributed by atoms with van der Waals surface area (Å²) in [4.78, 5) is 8.33. The second-order valence-corrected chi connectivity index (χ2v) is 26.9. The van der Waals surface area contributed by atoms with Gasteiger partial charge in [0.15, 0.2) is 0 Å². The molecule has 19 heteroatoms. The van der Waals surface area contributed by atoms with Gasteiger partial charge in [-0.2, -0.15) is 0 Å². The van der Waals surface area contributed by atoms with Crippen LogP contribution in [0.5, 0.6) is 0 Å². The van der Waals surface area contributed by atoms with Gasteiger partial charge in [-0.25, -0.2) is 30.6 Å². The van der Waals surface area contributed by atoms with Gasteiger partial charge in [0.1, 0.15) is 0 Å². The Labute approximate surface area is 500 Å². The fourth-order valence-corrected chi connectivity index (χ4v) is 8.51. The predicted octanol–water partition coefficient (Wildman–Crippen LogP) is 10.4. The van der Waals surface area contributed by atoms with Crippen molar-refractivity contribution in [2.75, 3.05) is 0 Å². The maximum Gasteiger partial charge on any atom is 2.00 e. The minimum atomic E-state index is -2.33. The quantitative estimate of drug-likeness (QED) is 0.147. The normalized spacial score (nSPS) is 11.9. The third-order valence-corrected chi connectivity index (χ3v) is 13.4. The second-order valence-electron chi connectivity index (χ2n) is 26.9. The summed E-state index contributed by atoms with van der Waals surface area (Å²) in [5.74, 6) is 0. The van der Waals surface area contributed by atoms with Crippen molar-refractivity contribution < 1.29 is 48.6 Å². The van der Waals surface area contributed by atoms with Crippen LogP contribution in [0.4, 0.5) is 4.79 Å². The summed E-state index contributed by atoms with van der Waals surface area (Å²) in [5, 5.41) is 47.2. The molecular weight excluding hydrogens is 1090 g/mol. The molecule has 438 valence electrons. The molecule has 8 rings (SSSR count). The molecule has 0 aliphatic rings. The maximum absolute atomic E-state index is 8.33. The molecule has 0 saturated carbocycles. The molecule has 0 saturated heterocycles. The van der Waals surface area contributed by atoms with Crippen molar-refractivity contribution in [1.29, 1.82) is 0 Å². The van der Waals surface area contributed by atoms with Gasteiger partial charge in [-0.1, -0.05) is 197 Å². The van der Waals surface area contributed by atoms with E-state index in [0.29, 0.717) is 0 Å². The van der Waals surface area contributed by atoms with Gasteiger partial charge >= 0.3 is 47.8 Å². The van der Waals surface area contributed by atoms with Crippen LogP contribution in [0.1, 0.15) is 193 Å². The molecule has 0 unspecified atom stereocenters. The molecule has 15 nitrogen and oxygen atoms in total. The molecule has 0 spiro atoms. The van der Waals surface area contributed by atoms with Crippen LogP contribution in [0, 0.1) is 41.5 Å². The van der Waals surface area contributed by atoms with Gasteiger partial charge in [0.2, 0.25) is 0 Å². The topological polar surface area (TPSA) is 170 Å². The summed E-state index contributed by atoms with van der Waals surface area (Å²) < 4.78 is 12.9. The van der Waals surface area contributed by atoms with Crippen molar-refractivity contribution >= 4 is 20.4 Å². The van der Waals surface area contributed by atoms with Gasteiger partial charge in [0.05, 0.1) is 34.2 Å². The number of hydrogen-bond acceptors (Lipinski definition) is 9. The molecule has 80 heavy (non-hydrogen) atoms. The second kappa shape index (κ2) is 27.7. The summed E-state index contributed by atoms with van der Waals surface area (Å²) in [7, 11) is -2.84. The fraction of sp³-hybridized carbons (Fsp3) is 0.492. The van der Waals surface area contributed by atoms with Crippen LogP contribution in [0.3, 0.4) is 0 Å². The Bertz CT molecular complexity index is 2620. The van der Waals surface area contributed by atoms with Crippen LogP contribution in [0.2, 0.25) is 0 Å². The Morgan fingerprint density at radius 3 is 0.475 bits per heavy atom. The van der Waals surface area contributed by atoms with Crippen LogP contribution in [0.25, 0.3) is 0 Å². The third kappa shape index (κ3) is 19.1. The molecule has 0 atom stereocenters. The van der Waals surface area contributed by atoms with Crippen molar-refractivity contribution in [2.45, 2.75) is 199 Å². The molecule has 2 aromatic carbocycles. The summed E-state index contributed by atoms with van der Waals surface area (Å²) in [6.45, 7) is 52.5. The van der Waals surface area contributed by atoms with E-state index < -0.39 is 20.4 Å². The standard InChI is InChI=1S/2C24H40BN6.2C6H6.CH2O3.2Co/c2*1-16-13-19(22(4,5)6)26-29(16)25(30-17(2)14-20(27-30)23(7,8)9)31-18(3)15-21(28-31)24(10,11)12;2*1-2-4-6-5-3-1;2-1(3)4;;/h2*13-15,25H,1-12H3;2*1-6H;(H2,2,3,4);;/q2*-1;;;;2*+2/p-2. The number of carbonyl (C=O) groups excluding carboxylic acids is 1. The van der Waals surface area contributed by atoms with E-state index in [2.05, 4.69) is 230 Å². The van der Waals surface area contributed by atoms with E-state index >= 15 is 0 Å². The number of rotatable bonds is 6. The Balaban J connectivity index is 0.000000418. The number of aromatic nitrogens is 12. The van der Waals surface area contributed by atoms with Crippen LogP contribution >= 0.6 is 0 Å². The fourth-order valence-electron chi connectivity index (χ4n) is 8.51. The number of carbonyl (C=O) groups is 1. The molecule has 8 aromatic rings. The smallest absolute Gasteiger partial charge is 0.652 e. The van der Waals surface area contributed by atoms with E-state index in [0.717, 1.165) is 68.3 Å². The molecule has 6 aromatic heterocycles. The summed E-state index contributed by atoms with van der Waals surface area (Å²) in [6.07, 6.45) is -2.33. The Morgan fingerprint density at radius 2 is 0.400 bits per heavy atom. The molecule has 6 heterocycles. The molecule has 0 N–H and O–H groups in total. The number of benzene rings is 2. The average molecular weight is 1180 g/mol. The zero-order valence-corrected chi connectivity index (χ0v) is 54.6. The Morgan fingerprint density at radius 1 is 0.300 bits per heavy atom. The SMILES string of the molecule is Cc1cc(C(C)(C)C)nn1[BH-](n1nc(C(C)(C)C)cc1C)n1nc(C(C)(C)C)cc1C.Cc1cc(C(C)(C)C)nn1[BH-](n1nc(C(C)(C)C)cc1C)n1nc(C(C)(C)C)cc1C.O=C([O-])[O-].[Co+2].[Co+2].c1ccccc1.c1ccccc1. The van der Waals surface area contributed by atoms with Crippen molar-refractivity contribution in [3.63, 3.8) is 0 Å². The van der Waals surface area contributed by atoms with Crippen molar-refractivity contribution in [3.8, 4) is 0 Å². The Hall–Kier alpha value is -5.89. The van der Waals surface area contributed by atoms with Gasteiger partial charge in [-0.15, -0.1) is 0 Å². The summed E-state index contributed by atoms with van der Waals surface area (Å²) in [5.41, 5.74) is 13.2. The van der Waals surface area contributed by atoms with E-state index in [-0.39, 0.29) is 66.0 Å². The van der Waals surface area contributed by atoms with Gasteiger partial charge in [-0.05, 0) is 118 Å². The third-order valence-electron chi connectivity index (χ3n) is 13.4. The predicted molar refractivity (Wildman–Crippen MR) is 319 cm³/mol. The number of carboxylic acid groups (broad SMARTS) is 2. The van der Waals surface area contributed by atoms with E-state index in [9.17, 15) is 0 Å². The first kappa shape index (κ1) is 70.2. The first-order chi connectivity index (χ1) is 35.7. The minimum absolute atomic E-state index is 0. The molecule has 0 bridgehead atoms. The maximum atomic E-state index is 8.33. The van der Waals surface area contributed by atoms with Crippen molar-refractivity contribution in [3.05, 3.63) is 178 Å². The number of hydrogen-bond donors (Lipinski definition) is 0. The summed E-state index contributed by atoms with van der Waals surface area (Å²) in [6, 6.07) is 37.2. The van der Waals surface area contributed by atoms with Crippen molar-refractivity contribution in [1.82, 2.24) is 58.1 Å². The molecule has 2 radical (unpaired) electrons. The molecule has 0 aliphatic heterocycles. The first-order valence-electron chi connectivity index (χ1n) is 27.4. The molecule has 0 fully saturated rings. The number of nitrogens with zero attached hydrogens (tertiary/aromatic N) is 12. The van der Waals surface area contributed by atoms with Gasteiger partial charge < -0.3 is 42.6 Å². The van der Waals surface area contributed by atoms with Crippen LogP contribution in [-0.4, -0.2) is 78.5 Å². The average Bonchev–Trinajstić information content (AvgIpc) is 4.19. The zero-order valence-electron chi connectivity index (χ0n) is 52.6. The Kier molecular flexibility index (Phi) is 24.3. The van der Waals surface area contributed by atoms with E-state index in [1.807, 2.05) is 72.8 Å². The molecule has 0 amide bonds. The van der Waals surface area contributed by atoms with Crippen LogP contribution in [-0.2, 0) is 66.0 Å². The van der Waals surface area contributed by atoms with Crippen LogP contribution in [0.15, 0.2) is 109 Å². The van der Waals surface area contributed by atoms with Crippen molar-refractivity contribution in [2.24, 2.45) is 0 Å². The minimum Gasteiger partial charge on any atom is -0.652 e. The zero-order chi connectivity index (χ0) is 59.1. The van der Waals surface area contributed by atoms with E-state index in [4.69, 9.17) is 45.6 Å².